The molecule has 0 heterocycles. The van der Waals surface area contributed by atoms with Crippen LogP contribution in [0, 0.1) is 0 Å². The highest BCUT2D eigenvalue weighted by molar-refractivity contribution is 6.31. The van der Waals surface area contributed by atoms with Crippen molar-refractivity contribution in [3.63, 3.8) is 0 Å². The van der Waals surface area contributed by atoms with Crippen molar-refractivity contribution in [2.45, 2.75) is 51.2 Å². The zero-order chi connectivity index (χ0) is 15.5. The topological polar surface area (TPSA) is 47.9 Å². The van der Waals surface area contributed by atoms with E-state index in [9.17, 15) is 4.79 Å². The Morgan fingerprint density at radius 2 is 1.95 bits per heavy atom. The van der Waals surface area contributed by atoms with Crippen molar-refractivity contribution >= 4 is 17.7 Å². The number of methoxy groups -OCH3 is 1. The maximum Gasteiger partial charge on any atom is 0.235 e. The van der Waals surface area contributed by atoms with Gasteiger partial charge in [0.25, 0.3) is 0 Å². The molecule has 0 radical (unpaired) electrons. The molecule has 0 aromatic heterocycles. The lowest BCUT2D eigenvalue weighted by atomic mass is 9.88. The second-order valence-corrected chi connectivity index (χ2v) is 6.00. The lowest BCUT2D eigenvalue weighted by Crippen LogP contribution is -2.20. The maximum absolute atomic E-state index is 10.8. The normalized spacial score (nSPS) is 16.6. The van der Waals surface area contributed by atoms with Crippen LogP contribution in [0.25, 0.3) is 0 Å². The molecular weight excluding hydrogens is 290 g/mol. The van der Waals surface area contributed by atoms with Crippen LogP contribution in [0.2, 0.25) is 5.02 Å². The van der Waals surface area contributed by atoms with Gasteiger partial charge in [-0.3, -0.25) is 0 Å². The third kappa shape index (κ3) is 3.22. The first-order chi connectivity index (χ1) is 10.0. The van der Waals surface area contributed by atoms with Crippen molar-refractivity contribution in [3.8, 4) is 11.5 Å². The van der Waals surface area contributed by atoms with E-state index in [-0.39, 0.29) is 6.10 Å². The maximum atomic E-state index is 10.8. The number of hydrogen-bond acceptors (Lipinski definition) is 4. The van der Waals surface area contributed by atoms with E-state index in [0.29, 0.717) is 16.5 Å². The summed E-state index contributed by atoms with van der Waals surface area (Å²) in [4.78, 5) is 14.9. The van der Waals surface area contributed by atoms with E-state index >= 15 is 0 Å². The average Bonchev–Trinajstić information content (AvgIpc) is 2.88. The summed E-state index contributed by atoms with van der Waals surface area (Å²) in [6.45, 7) is 3.88. The summed E-state index contributed by atoms with van der Waals surface area (Å²) in [5.74, 6) is 1.21. The van der Waals surface area contributed by atoms with E-state index in [1.807, 2.05) is 19.9 Å². The fraction of sp³-hybridized carbons (Fsp3) is 0.562. The first-order valence-electron chi connectivity index (χ1n) is 7.16. The summed E-state index contributed by atoms with van der Waals surface area (Å²) in [6.07, 6.45) is 5.37. The Labute approximate surface area is 130 Å². The Hall–Kier alpha value is -1.51. The van der Waals surface area contributed by atoms with E-state index in [0.717, 1.165) is 31.2 Å². The molecule has 1 aromatic carbocycles. The van der Waals surface area contributed by atoms with Gasteiger partial charge in [0.15, 0.2) is 11.5 Å². The van der Waals surface area contributed by atoms with Crippen LogP contribution in [-0.2, 0) is 10.3 Å². The minimum atomic E-state index is -0.567. The largest absolute Gasteiger partial charge is 0.493 e. The lowest BCUT2D eigenvalue weighted by Gasteiger charge is -2.25. The number of aliphatic imine (C=N–C) groups is 1. The van der Waals surface area contributed by atoms with Crippen LogP contribution in [-0.4, -0.2) is 19.3 Å². The minimum absolute atomic E-state index is 0.0225. The molecule has 0 amide bonds. The van der Waals surface area contributed by atoms with E-state index in [1.165, 1.54) is 0 Å². The second-order valence-electron chi connectivity index (χ2n) is 5.59. The Bertz CT molecular complexity index is 559. The number of carbonyl (C=O) groups excluding carboxylic acids is 1. The lowest BCUT2D eigenvalue weighted by molar-refractivity contribution is 0.230. The molecule has 114 valence electrons. The van der Waals surface area contributed by atoms with Gasteiger partial charge in [-0.15, -0.1) is 0 Å². The number of hydrogen-bond donors (Lipinski definition) is 0. The second kappa shape index (κ2) is 6.50. The van der Waals surface area contributed by atoms with Gasteiger partial charge in [0.2, 0.25) is 6.08 Å². The molecule has 0 aliphatic heterocycles. The zero-order valence-electron chi connectivity index (χ0n) is 12.6. The van der Waals surface area contributed by atoms with E-state index in [1.54, 1.807) is 19.3 Å². The molecule has 21 heavy (non-hydrogen) atoms. The van der Waals surface area contributed by atoms with Crippen molar-refractivity contribution in [1.82, 2.24) is 0 Å². The Morgan fingerprint density at radius 1 is 1.29 bits per heavy atom. The summed E-state index contributed by atoms with van der Waals surface area (Å²) in [5.41, 5.74) is 0.251. The van der Waals surface area contributed by atoms with Gasteiger partial charge < -0.3 is 9.47 Å². The van der Waals surface area contributed by atoms with Crippen LogP contribution in [0.1, 0.15) is 45.1 Å². The highest BCUT2D eigenvalue weighted by Crippen LogP contribution is 2.47. The van der Waals surface area contributed by atoms with Crippen molar-refractivity contribution in [3.05, 3.63) is 22.7 Å². The molecule has 2 rings (SSSR count). The van der Waals surface area contributed by atoms with E-state index in [4.69, 9.17) is 21.1 Å². The summed E-state index contributed by atoms with van der Waals surface area (Å²) in [7, 11) is 1.59. The summed E-state index contributed by atoms with van der Waals surface area (Å²) in [6, 6.07) is 3.59. The molecule has 0 unspecified atom stereocenters. The number of halogens is 1. The van der Waals surface area contributed by atoms with Gasteiger partial charge in [-0.05, 0) is 32.8 Å². The molecule has 0 saturated heterocycles. The molecule has 1 aromatic rings. The number of isocyanates is 1. The molecule has 0 atom stereocenters. The minimum Gasteiger partial charge on any atom is -0.493 e. The third-order valence-corrected chi connectivity index (χ3v) is 4.12. The number of ether oxygens (including phenoxy) is 2. The van der Waals surface area contributed by atoms with Crippen LogP contribution in [0.3, 0.4) is 0 Å². The highest BCUT2D eigenvalue weighted by Gasteiger charge is 2.38. The Balaban J connectivity index is 2.51. The van der Waals surface area contributed by atoms with Crippen LogP contribution in [0.15, 0.2) is 17.1 Å². The molecule has 5 heteroatoms. The Morgan fingerprint density at radius 3 is 2.48 bits per heavy atom. The SMILES string of the molecule is COc1cc(C2(N=C=O)CCCC2)c(Cl)cc1OC(C)C. The quantitative estimate of drug-likeness (QED) is 0.603. The molecule has 0 N–H and O–H groups in total. The third-order valence-electron chi connectivity index (χ3n) is 3.81. The zero-order valence-corrected chi connectivity index (χ0v) is 13.4. The first kappa shape index (κ1) is 15.9. The van der Waals surface area contributed by atoms with Gasteiger partial charge in [0.1, 0.15) is 0 Å². The summed E-state index contributed by atoms with van der Waals surface area (Å²) >= 11 is 6.42. The smallest absolute Gasteiger partial charge is 0.235 e. The molecular formula is C16H20ClNO3. The van der Waals surface area contributed by atoms with Crippen molar-refractivity contribution < 1.29 is 14.3 Å². The van der Waals surface area contributed by atoms with Crippen molar-refractivity contribution in [2.75, 3.05) is 7.11 Å². The number of benzene rings is 1. The van der Waals surface area contributed by atoms with E-state index in [2.05, 4.69) is 4.99 Å². The molecule has 0 bridgehead atoms. The summed E-state index contributed by atoms with van der Waals surface area (Å²) < 4.78 is 11.1. The van der Waals surface area contributed by atoms with Crippen LogP contribution < -0.4 is 9.47 Å². The summed E-state index contributed by atoms with van der Waals surface area (Å²) in [5, 5.41) is 0.548. The fourth-order valence-electron chi connectivity index (χ4n) is 2.89. The molecule has 1 saturated carbocycles. The molecule has 4 nitrogen and oxygen atoms in total. The van der Waals surface area contributed by atoms with Crippen LogP contribution in [0.5, 0.6) is 11.5 Å². The van der Waals surface area contributed by atoms with Gasteiger partial charge >= 0.3 is 0 Å². The molecule has 1 aliphatic rings. The van der Waals surface area contributed by atoms with Gasteiger partial charge in [-0.2, -0.15) is 4.99 Å². The van der Waals surface area contributed by atoms with Gasteiger partial charge in [0, 0.05) is 11.6 Å². The predicted octanol–water partition coefficient (Wildman–Crippen LogP) is 4.24. The van der Waals surface area contributed by atoms with Gasteiger partial charge in [-0.1, -0.05) is 24.4 Å². The van der Waals surface area contributed by atoms with Crippen LogP contribution in [0.4, 0.5) is 0 Å². The molecule has 1 fully saturated rings. The van der Waals surface area contributed by atoms with Crippen molar-refractivity contribution in [1.29, 1.82) is 0 Å². The fourth-order valence-corrected chi connectivity index (χ4v) is 3.22. The van der Waals surface area contributed by atoms with Crippen LogP contribution >= 0.6 is 11.6 Å². The standard InChI is InChI=1S/C16H20ClNO3/c1-11(2)21-15-9-13(17)12(8-14(15)20-3)16(18-10-19)6-4-5-7-16/h8-9,11H,4-7H2,1-3H3. The van der Waals surface area contributed by atoms with Gasteiger partial charge in [0.05, 0.1) is 23.8 Å². The average molecular weight is 310 g/mol. The monoisotopic (exact) mass is 309 g/mol. The van der Waals surface area contributed by atoms with Crippen molar-refractivity contribution in [2.24, 2.45) is 4.99 Å². The molecule has 0 spiro atoms. The van der Waals surface area contributed by atoms with Gasteiger partial charge in [-0.25, -0.2) is 4.79 Å². The number of rotatable bonds is 5. The Kier molecular flexibility index (Phi) is 4.92. The number of nitrogens with zero attached hydrogens (tertiary/aromatic N) is 1. The highest BCUT2D eigenvalue weighted by atomic mass is 35.5. The van der Waals surface area contributed by atoms with E-state index < -0.39 is 5.54 Å². The molecule has 1 aliphatic carbocycles. The first-order valence-corrected chi connectivity index (χ1v) is 7.54. The predicted molar refractivity (Wildman–Crippen MR) is 82.0 cm³/mol.